The van der Waals surface area contributed by atoms with Gasteiger partial charge in [-0.05, 0) is 56.5 Å². The summed E-state index contributed by atoms with van der Waals surface area (Å²) in [5.41, 5.74) is 2.28. The summed E-state index contributed by atoms with van der Waals surface area (Å²) in [7, 11) is 3.95. The van der Waals surface area contributed by atoms with Gasteiger partial charge < -0.3 is 9.42 Å². The fraction of sp³-hybridized carbons (Fsp3) is 0.409. The second-order valence-electron chi connectivity index (χ2n) is 7.54. The molecular formula is C22H27N5O. The minimum atomic E-state index is 0.228. The van der Waals surface area contributed by atoms with Crippen LogP contribution in [0, 0.1) is 0 Å². The Labute approximate surface area is 166 Å². The number of rotatable bonds is 7. The quantitative estimate of drug-likeness (QED) is 0.621. The summed E-state index contributed by atoms with van der Waals surface area (Å²) in [6.45, 7) is 2.15. The molecule has 0 saturated carbocycles. The molecule has 4 rings (SSSR count). The molecule has 1 unspecified atom stereocenters. The molecular weight excluding hydrogens is 350 g/mol. The fourth-order valence-corrected chi connectivity index (χ4v) is 3.78. The van der Waals surface area contributed by atoms with E-state index in [4.69, 9.17) is 4.52 Å². The van der Waals surface area contributed by atoms with Crippen LogP contribution in [-0.2, 0) is 6.42 Å². The van der Waals surface area contributed by atoms with Crippen LogP contribution in [0.25, 0.3) is 11.4 Å². The van der Waals surface area contributed by atoms with Crippen molar-refractivity contribution >= 4 is 5.82 Å². The van der Waals surface area contributed by atoms with E-state index in [2.05, 4.69) is 50.4 Å². The summed E-state index contributed by atoms with van der Waals surface area (Å²) in [5.74, 6) is 2.25. The third kappa shape index (κ3) is 4.22. The number of nitrogens with zero attached hydrogens (tertiary/aromatic N) is 5. The summed E-state index contributed by atoms with van der Waals surface area (Å²) in [6, 6.07) is 14.9. The molecule has 1 fully saturated rings. The number of hydrogen-bond donors (Lipinski definition) is 0. The highest BCUT2D eigenvalue weighted by Crippen LogP contribution is 2.32. The molecule has 1 aliphatic heterocycles. The predicted octanol–water partition coefficient (Wildman–Crippen LogP) is 3.97. The van der Waals surface area contributed by atoms with Crippen molar-refractivity contribution in [2.45, 2.75) is 31.7 Å². The zero-order valence-corrected chi connectivity index (χ0v) is 16.6. The third-order valence-corrected chi connectivity index (χ3v) is 5.31. The van der Waals surface area contributed by atoms with Crippen molar-refractivity contribution < 1.29 is 4.52 Å². The first-order valence-electron chi connectivity index (χ1n) is 9.96. The number of aryl methyl sites for hydroxylation is 1. The Balaban J connectivity index is 1.39. The van der Waals surface area contributed by atoms with Crippen LogP contribution in [0.1, 0.15) is 36.8 Å². The molecule has 146 valence electrons. The van der Waals surface area contributed by atoms with Crippen molar-refractivity contribution in [3.8, 4) is 11.4 Å². The van der Waals surface area contributed by atoms with E-state index in [-0.39, 0.29) is 6.04 Å². The van der Waals surface area contributed by atoms with Crippen molar-refractivity contribution in [3.05, 3.63) is 60.1 Å². The SMILES string of the molecule is CN(C)c1ccc(-c2noc(C3CCCN3CCCc3ccccc3)n2)cn1. The smallest absolute Gasteiger partial charge is 0.244 e. The molecule has 3 aromatic rings. The number of aromatic nitrogens is 3. The number of pyridine rings is 1. The predicted molar refractivity (Wildman–Crippen MR) is 110 cm³/mol. The molecule has 28 heavy (non-hydrogen) atoms. The first-order chi connectivity index (χ1) is 13.7. The number of benzene rings is 1. The van der Waals surface area contributed by atoms with Crippen LogP contribution in [-0.4, -0.2) is 47.2 Å². The van der Waals surface area contributed by atoms with Gasteiger partial charge in [0.15, 0.2) is 0 Å². The van der Waals surface area contributed by atoms with Gasteiger partial charge in [0.05, 0.1) is 6.04 Å². The average Bonchev–Trinajstić information content (AvgIpc) is 3.38. The third-order valence-electron chi connectivity index (χ3n) is 5.31. The van der Waals surface area contributed by atoms with Crippen LogP contribution in [0.4, 0.5) is 5.82 Å². The second-order valence-corrected chi connectivity index (χ2v) is 7.54. The van der Waals surface area contributed by atoms with Crippen LogP contribution in [0.2, 0.25) is 0 Å². The summed E-state index contributed by atoms with van der Waals surface area (Å²) in [6.07, 6.45) is 6.29. The zero-order chi connectivity index (χ0) is 19.3. The normalized spacial score (nSPS) is 17.1. The lowest BCUT2D eigenvalue weighted by atomic mass is 10.1. The highest BCUT2D eigenvalue weighted by molar-refractivity contribution is 5.55. The van der Waals surface area contributed by atoms with E-state index in [1.807, 2.05) is 31.1 Å². The molecule has 1 atom stereocenters. The molecule has 0 bridgehead atoms. The van der Waals surface area contributed by atoms with E-state index in [0.29, 0.717) is 5.82 Å². The summed E-state index contributed by atoms with van der Waals surface area (Å²) in [5, 5.41) is 4.20. The standard InChI is InChI=1S/C22H27N5O/c1-26(2)20-13-12-18(16-23-20)21-24-22(28-25-21)19-11-7-15-27(19)14-6-10-17-8-4-3-5-9-17/h3-5,8-9,12-13,16,19H,6-7,10-11,14-15H2,1-2H3. The second kappa shape index (κ2) is 8.52. The highest BCUT2D eigenvalue weighted by atomic mass is 16.5. The summed E-state index contributed by atoms with van der Waals surface area (Å²) < 4.78 is 5.63. The van der Waals surface area contributed by atoms with Crippen LogP contribution >= 0.6 is 0 Å². The molecule has 1 aromatic carbocycles. The lowest BCUT2D eigenvalue weighted by Gasteiger charge is -2.21. The van der Waals surface area contributed by atoms with Crippen LogP contribution in [0.3, 0.4) is 0 Å². The van der Waals surface area contributed by atoms with Gasteiger partial charge in [0.25, 0.3) is 0 Å². The van der Waals surface area contributed by atoms with Gasteiger partial charge in [0, 0.05) is 25.9 Å². The first-order valence-corrected chi connectivity index (χ1v) is 9.96. The molecule has 0 radical (unpaired) electrons. The van der Waals surface area contributed by atoms with Crippen molar-refractivity contribution in [2.75, 3.05) is 32.1 Å². The summed E-state index contributed by atoms with van der Waals surface area (Å²) in [4.78, 5) is 13.6. The molecule has 2 aromatic heterocycles. The minimum absolute atomic E-state index is 0.228. The van der Waals surface area contributed by atoms with Gasteiger partial charge in [-0.1, -0.05) is 35.5 Å². The van der Waals surface area contributed by atoms with E-state index in [1.54, 1.807) is 6.20 Å². The molecule has 0 N–H and O–H groups in total. The van der Waals surface area contributed by atoms with Gasteiger partial charge >= 0.3 is 0 Å². The molecule has 0 aliphatic carbocycles. The van der Waals surface area contributed by atoms with E-state index in [1.165, 1.54) is 12.0 Å². The Bertz CT molecular complexity index is 875. The monoisotopic (exact) mass is 377 g/mol. The fourth-order valence-electron chi connectivity index (χ4n) is 3.78. The molecule has 0 amide bonds. The van der Waals surface area contributed by atoms with Gasteiger partial charge in [-0.3, -0.25) is 4.90 Å². The van der Waals surface area contributed by atoms with Crippen molar-refractivity contribution in [1.29, 1.82) is 0 Å². The molecule has 1 saturated heterocycles. The number of likely N-dealkylation sites (tertiary alicyclic amines) is 1. The maximum atomic E-state index is 5.63. The van der Waals surface area contributed by atoms with E-state index < -0.39 is 0 Å². The Morgan fingerprint density at radius 2 is 2.00 bits per heavy atom. The Kier molecular flexibility index (Phi) is 5.67. The highest BCUT2D eigenvalue weighted by Gasteiger charge is 2.30. The maximum absolute atomic E-state index is 5.63. The van der Waals surface area contributed by atoms with Gasteiger partial charge in [-0.25, -0.2) is 4.98 Å². The summed E-state index contributed by atoms with van der Waals surface area (Å²) >= 11 is 0. The van der Waals surface area contributed by atoms with Crippen LogP contribution in [0.15, 0.2) is 53.2 Å². The Morgan fingerprint density at radius 1 is 1.14 bits per heavy atom. The minimum Gasteiger partial charge on any atom is -0.363 e. The van der Waals surface area contributed by atoms with Gasteiger partial charge in [-0.15, -0.1) is 0 Å². The van der Waals surface area contributed by atoms with E-state index in [0.717, 1.165) is 49.6 Å². The lowest BCUT2D eigenvalue weighted by Crippen LogP contribution is -2.25. The zero-order valence-electron chi connectivity index (χ0n) is 16.6. The number of anilines is 1. The molecule has 0 spiro atoms. The number of hydrogen-bond acceptors (Lipinski definition) is 6. The Morgan fingerprint density at radius 3 is 2.75 bits per heavy atom. The lowest BCUT2D eigenvalue weighted by molar-refractivity contribution is 0.206. The van der Waals surface area contributed by atoms with Crippen LogP contribution < -0.4 is 4.90 Å². The Hall–Kier alpha value is -2.73. The average molecular weight is 377 g/mol. The first kappa shape index (κ1) is 18.6. The van der Waals surface area contributed by atoms with Gasteiger partial charge in [0.1, 0.15) is 5.82 Å². The van der Waals surface area contributed by atoms with E-state index in [9.17, 15) is 0 Å². The van der Waals surface area contributed by atoms with Crippen molar-refractivity contribution in [3.63, 3.8) is 0 Å². The van der Waals surface area contributed by atoms with Crippen LogP contribution in [0.5, 0.6) is 0 Å². The van der Waals surface area contributed by atoms with E-state index >= 15 is 0 Å². The van der Waals surface area contributed by atoms with Gasteiger partial charge in [-0.2, -0.15) is 4.98 Å². The molecule has 3 heterocycles. The maximum Gasteiger partial charge on any atom is 0.244 e. The largest absolute Gasteiger partial charge is 0.363 e. The van der Waals surface area contributed by atoms with Crippen molar-refractivity contribution in [1.82, 2.24) is 20.0 Å². The topological polar surface area (TPSA) is 58.3 Å². The molecule has 6 heteroatoms. The molecule has 1 aliphatic rings. The van der Waals surface area contributed by atoms with Crippen molar-refractivity contribution in [2.24, 2.45) is 0 Å². The molecule has 6 nitrogen and oxygen atoms in total. The van der Waals surface area contributed by atoms with Gasteiger partial charge in [0.2, 0.25) is 11.7 Å².